The van der Waals surface area contributed by atoms with Gasteiger partial charge in [0.25, 0.3) is 0 Å². The predicted molar refractivity (Wildman–Crippen MR) is 64.4 cm³/mol. The number of fused-ring (bicyclic) bond motifs is 1. The summed E-state index contributed by atoms with van der Waals surface area (Å²) >= 11 is 0. The zero-order chi connectivity index (χ0) is 11.7. The van der Waals surface area contributed by atoms with Crippen LogP contribution in [0.3, 0.4) is 0 Å². The predicted octanol–water partition coefficient (Wildman–Crippen LogP) is -0.586. The molecule has 0 saturated carbocycles. The molecule has 0 radical (unpaired) electrons. The number of rotatable bonds is 2. The summed E-state index contributed by atoms with van der Waals surface area (Å²) in [6.45, 7) is 8.67. The largest absolute Gasteiger partial charge is 0.313 e. The molecule has 0 spiro atoms. The van der Waals surface area contributed by atoms with E-state index in [1.807, 2.05) is 0 Å². The van der Waals surface area contributed by atoms with E-state index in [9.17, 15) is 0 Å². The van der Waals surface area contributed by atoms with Crippen LogP contribution in [0.1, 0.15) is 18.3 Å². The highest BCUT2D eigenvalue weighted by Gasteiger charge is 2.30. The van der Waals surface area contributed by atoms with Crippen molar-refractivity contribution in [1.82, 2.24) is 30.5 Å². The van der Waals surface area contributed by atoms with Crippen LogP contribution in [0.25, 0.3) is 0 Å². The summed E-state index contributed by atoms with van der Waals surface area (Å²) in [5, 5.41) is 14.6. The van der Waals surface area contributed by atoms with Crippen molar-refractivity contribution in [2.45, 2.75) is 26.1 Å². The van der Waals surface area contributed by atoms with E-state index in [0.717, 1.165) is 57.1 Å². The van der Waals surface area contributed by atoms with Crippen molar-refractivity contribution < 1.29 is 0 Å². The molecule has 2 aliphatic rings. The van der Waals surface area contributed by atoms with Gasteiger partial charge in [-0.1, -0.05) is 6.92 Å². The van der Waals surface area contributed by atoms with E-state index in [2.05, 4.69) is 37.5 Å². The third kappa shape index (κ3) is 2.08. The third-order valence-electron chi connectivity index (χ3n) is 3.84. The maximum Gasteiger partial charge on any atom is 0.0997 e. The van der Waals surface area contributed by atoms with Gasteiger partial charge in [-0.25, -0.2) is 0 Å². The summed E-state index contributed by atoms with van der Waals surface area (Å²) in [5.74, 6) is 0. The molecule has 3 heterocycles. The first kappa shape index (κ1) is 11.1. The Balaban J connectivity index is 1.72. The lowest BCUT2D eigenvalue weighted by Crippen LogP contribution is -2.59. The molecule has 1 saturated heterocycles. The molecule has 2 N–H and O–H groups in total. The summed E-state index contributed by atoms with van der Waals surface area (Å²) < 4.78 is 0. The van der Waals surface area contributed by atoms with E-state index in [-0.39, 0.29) is 0 Å². The molecule has 17 heavy (non-hydrogen) atoms. The number of aromatic amines is 1. The van der Waals surface area contributed by atoms with Crippen molar-refractivity contribution in [2.75, 3.05) is 32.7 Å². The van der Waals surface area contributed by atoms with Crippen molar-refractivity contribution in [3.05, 3.63) is 11.4 Å². The highest BCUT2D eigenvalue weighted by Crippen LogP contribution is 2.18. The Morgan fingerprint density at radius 1 is 1.29 bits per heavy atom. The molecule has 1 aromatic heterocycles. The van der Waals surface area contributed by atoms with Crippen LogP contribution in [0, 0.1) is 0 Å². The zero-order valence-corrected chi connectivity index (χ0v) is 10.3. The lowest BCUT2D eigenvalue weighted by atomic mass is 10.1. The van der Waals surface area contributed by atoms with E-state index < -0.39 is 0 Å². The van der Waals surface area contributed by atoms with E-state index in [4.69, 9.17) is 0 Å². The van der Waals surface area contributed by atoms with Gasteiger partial charge in [0.2, 0.25) is 0 Å². The van der Waals surface area contributed by atoms with Gasteiger partial charge in [-0.3, -0.25) is 9.80 Å². The Labute approximate surface area is 101 Å². The first-order valence-electron chi connectivity index (χ1n) is 6.46. The Kier molecular flexibility index (Phi) is 3.09. The van der Waals surface area contributed by atoms with Gasteiger partial charge < -0.3 is 5.32 Å². The van der Waals surface area contributed by atoms with Crippen LogP contribution in [-0.4, -0.2) is 64.1 Å². The summed E-state index contributed by atoms with van der Waals surface area (Å²) in [7, 11) is 0. The molecule has 6 nitrogen and oxygen atoms in total. The molecule has 0 bridgehead atoms. The minimum atomic E-state index is 0.513. The van der Waals surface area contributed by atoms with Gasteiger partial charge in [0.05, 0.1) is 17.6 Å². The van der Waals surface area contributed by atoms with Crippen molar-refractivity contribution in [3.8, 4) is 0 Å². The fraction of sp³-hybridized carbons (Fsp3) is 0.818. The average molecular weight is 236 g/mol. The number of nitrogens with one attached hydrogen (secondary N) is 2. The van der Waals surface area contributed by atoms with Gasteiger partial charge in [-0.2, -0.15) is 15.4 Å². The minimum absolute atomic E-state index is 0.513. The molecule has 0 aromatic carbocycles. The van der Waals surface area contributed by atoms with Crippen molar-refractivity contribution in [3.63, 3.8) is 0 Å². The zero-order valence-electron chi connectivity index (χ0n) is 10.3. The van der Waals surface area contributed by atoms with Crippen LogP contribution in [-0.2, 0) is 13.0 Å². The van der Waals surface area contributed by atoms with Crippen LogP contribution in [0.4, 0.5) is 0 Å². The smallest absolute Gasteiger partial charge is 0.0997 e. The second-order valence-electron chi connectivity index (χ2n) is 4.75. The molecule has 0 aliphatic carbocycles. The molecule has 94 valence electrons. The number of aromatic nitrogens is 3. The standard InChI is InChI=1S/C11H20N6/c1-2-16-6-4-12-7-11(16)17-5-3-9-10(8-17)14-15-13-9/h11-12H,2-8H2,1H3,(H,13,14,15). The Hall–Kier alpha value is -0.980. The highest BCUT2D eigenvalue weighted by molar-refractivity contribution is 5.12. The quantitative estimate of drug-likeness (QED) is 0.719. The monoisotopic (exact) mass is 236 g/mol. The molecule has 1 atom stereocenters. The first-order chi connectivity index (χ1) is 8.38. The topological polar surface area (TPSA) is 60.1 Å². The molecule has 3 rings (SSSR count). The summed E-state index contributed by atoms with van der Waals surface area (Å²) in [6.07, 6.45) is 1.53. The number of piperazine rings is 1. The summed E-state index contributed by atoms with van der Waals surface area (Å²) in [4.78, 5) is 5.06. The van der Waals surface area contributed by atoms with E-state index in [1.165, 1.54) is 0 Å². The van der Waals surface area contributed by atoms with Crippen LogP contribution in [0.15, 0.2) is 0 Å². The maximum atomic E-state index is 4.24. The fourth-order valence-corrected chi connectivity index (χ4v) is 2.84. The summed E-state index contributed by atoms with van der Waals surface area (Å²) in [6, 6.07) is 0. The van der Waals surface area contributed by atoms with Gasteiger partial charge in [-0.05, 0) is 6.54 Å². The van der Waals surface area contributed by atoms with Crippen LogP contribution in [0.2, 0.25) is 0 Å². The number of nitrogens with zero attached hydrogens (tertiary/aromatic N) is 4. The molecule has 1 aromatic rings. The Bertz CT molecular complexity index is 376. The minimum Gasteiger partial charge on any atom is -0.313 e. The number of likely N-dealkylation sites (N-methyl/N-ethyl adjacent to an activating group) is 1. The molecule has 1 fully saturated rings. The van der Waals surface area contributed by atoms with Crippen molar-refractivity contribution in [2.24, 2.45) is 0 Å². The highest BCUT2D eigenvalue weighted by atomic mass is 15.4. The summed E-state index contributed by atoms with van der Waals surface area (Å²) in [5.41, 5.74) is 2.27. The lowest BCUT2D eigenvalue weighted by Gasteiger charge is -2.43. The molecule has 0 amide bonds. The lowest BCUT2D eigenvalue weighted by molar-refractivity contribution is 0.0177. The van der Waals surface area contributed by atoms with Gasteiger partial charge in [0.1, 0.15) is 0 Å². The normalized spacial score (nSPS) is 27.0. The van der Waals surface area contributed by atoms with Crippen LogP contribution >= 0.6 is 0 Å². The second-order valence-corrected chi connectivity index (χ2v) is 4.75. The van der Waals surface area contributed by atoms with Gasteiger partial charge in [0.15, 0.2) is 0 Å². The van der Waals surface area contributed by atoms with E-state index in [1.54, 1.807) is 0 Å². The molecule has 2 aliphatic heterocycles. The van der Waals surface area contributed by atoms with Gasteiger partial charge in [-0.15, -0.1) is 0 Å². The van der Waals surface area contributed by atoms with Gasteiger partial charge >= 0.3 is 0 Å². The first-order valence-corrected chi connectivity index (χ1v) is 6.46. The van der Waals surface area contributed by atoms with Crippen LogP contribution in [0.5, 0.6) is 0 Å². The third-order valence-corrected chi connectivity index (χ3v) is 3.84. The van der Waals surface area contributed by atoms with E-state index in [0.29, 0.717) is 6.17 Å². The SMILES string of the molecule is CCN1CCNCC1N1CCc2n[nH]nc2C1. The second kappa shape index (κ2) is 4.72. The number of hydrogen-bond acceptors (Lipinski definition) is 5. The Morgan fingerprint density at radius 3 is 3.06 bits per heavy atom. The van der Waals surface area contributed by atoms with Crippen molar-refractivity contribution in [1.29, 1.82) is 0 Å². The van der Waals surface area contributed by atoms with E-state index >= 15 is 0 Å². The molecular weight excluding hydrogens is 216 g/mol. The Morgan fingerprint density at radius 2 is 2.18 bits per heavy atom. The maximum absolute atomic E-state index is 4.24. The van der Waals surface area contributed by atoms with Crippen LogP contribution < -0.4 is 5.32 Å². The number of H-pyrrole nitrogens is 1. The molecule has 1 unspecified atom stereocenters. The van der Waals surface area contributed by atoms with Gasteiger partial charge in [0, 0.05) is 39.1 Å². The van der Waals surface area contributed by atoms with Crippen molar-refractivity contribution >= 4 is 0 Å². The average Bonchev–Trinajstić information content (AvgIpc) is 2.85. The molecular formula is C11H20N6. The molecule has 6 heteroatoms. The fourth-order valence-electron chi connectivity index (χ4n) is 2.84. The number of hydrogen-bond donors (Lipinski definition) is 2.